The average molecular weight is 435 g/mol. The highest BCUT2D eigenvalue weighted by Gasteiger charge is 2.41. The van der Waals surface area contributed by atoms with Crippen molar-refractivity contribution in [3.63, 3.8) is 0 Å². The molecule has 0 atom stereocenters. The van der Waals surface area contributed by atoms with Gasteiger partial charge in [0.15, 0.2) is 0 Å². The molecule has 0 aromatic heterocycles. The van der Waals surface area contributed by atoms with Gasteiger partial charge in [-0.15, -0.1) is 0 Å². The summed E-state index contributed by atoms with van der Waals surface area (Å²) in [5.41, 5.74) is 1.93. The molecule has 4 rings (SSSR count). The number of halogens is 1. The van der Waals surface area contributed by atoms with Crippen LogP contribution in [0.3, 0.4) is 0 Å². The first-order valence-electron chi connectivity index (χ1n) is 9.46. The molecular formula is C24H19ClN2O4. The van der Waals surface area contributed by atoms with E-state index in [9.17, 15) is 9.59 Å². The lowest BCUT2D eigenvalue weighted by Crippen LogP contribution is -2.32. The molecule has 3 aromatic carbocycles. The molecule has 0 aliphatic carbocycles. The predicted octanol–water partition coefficient (Wildman–Crippen LogP) is 4.75. The first-order valence-corrected chi connectivity index (χ1v) is 9.84. The van der Waals surface area contributed by atoms with Gasteiger partial charge >= 0.3 is 0 Å². The van der Waals surface area contributed by atoms with E-state index in [0.717, 1.165) is 4.90 Å². The van der Waals surface area contributed by atoms with Crippen LogP contribution in [0.4, 0.5) is 11.4 Å². The van der Waals surface area contributed by atoms with Crippen LogP contribution in [0.1, 0.15) is 5.56 Å². The van der Waals surface area contributed by atoms with E-state index >= 15 is 0 Å². The molecule has 3 aromatic rings. The zero-order valence-corrected chi connectivity index (χ0v) is 17.6. The van der Waals surface area contributed by atoms with Crippen LogP contribution in [-0.4, -0.2) is 26.0 Å². The normalized spacial score (nSPS) is 13.6. The molecule has 6 nitrogen and oxygen atoms in total. The Balaban J connectivity index is 1.84. The van der Waals surface area contributed by atoms with Crippen molar-refractivity contribution in [1.82, 2.24) is 0 Å². The first kappa shape index (κ1) is 20.5. The van der Waals surface area contributed by atoms with Crippen LogP contribution in [0.5, 0.6) is 11.5 Å². The van der Waals surface area contributed by atoms with Crippen LogP contribution in [0.25, 0.3) is 5.57 Å². The van der Waals surface area contributed by atoms with Crippen molar-refractivity contribution in [2.24, 2.45) is 0 Å². The topological polar surface area (TPSA) is 67.9 Å². The minimum atomic E-state index is -0.507. The third-order valence-electron chi connectivity index (χ3n) is 4.87. The summed E-state index contributed by atoms with van der Waals surface area (Å²) in [6.45, 7) is 0. The van der Waals surface area contributed by atoms with E-state index in [4.69, 9.17) is 21.1 Å². The number of rotatable bonds is 6. The number of imide groups is 1. The molecule has 156 valence electrons. The summed E-state index contributed by atoms with van der Waals surface area (Å²) in [7, 11) is 3.03. The Bertz CT molecular complexity index is 1190. The Morgan fingerprint density at radius 2 is 1.61 bits per heavy atom. The van der Waals surface area contributed by atoms with E-state index in [-0.39, 0.29) is 17.0 Å². The maximum Gasteiger partial charge on any atom is 0.282 e. The molecule has 31 heavy (non-hydrogen) atoms. The second-order valence-electron chi connectivity index (χ2n) is 6.73. The predicted molar refractivity (Wildman–Crippen MR) is 120 cm³/mol. The molecule has 0 saturated heterocycles. The van der Waals surface area contributed by atoms with Gasteiger partial charge in [-0.1, -0.05) is 48.0 Å². The van der Waals surface area contributed by atoms with Gasteiger partial charge in [0.2, 0.25) is 0 Å². The van der Waals surface area contributed by atoms with Crippen molar-refractivity contribution in [3.8, 4) is 11.5 Å². The summed E-state index contributed by atoms with van der Waals surface area (Å²) >= 11 is 6.15. The molecule has 1 aliphatic rings. The molecule has 0 unspecified atom stereocenters. The van der Waals surface area contributed by atoms with Crippen LogP contribution in [0.2, 0.25) is 5.02 Å². The SMILES string of the molecule is COc1cccc(NC2=C(c3ccccc3)C(=O)N(c3cc(Cl)ccc3OC)C2=O)c1. The summed E-state index contributed by atoms with van der Waals surface area (Å²) in [4.78, 5) is 28.1. The van der Waals surface area contributed by atoms with Gasteiger partial charge in [0.25, 0.3) is 11.8 Å². The minimum Gasteiger partial charge on any atom is -0.497 e. The molecule has 1 N–H and O–H groups in total. The van der Waals surface area contributed by atoms with Crippen LogP contribution in [0, 0.1) is 0 Å². The van der Waals surface area contributed by atoms with Gasteiger partial charge in [0, 0.05) is 16.8 Å². The Morgan fingerprint density at radius 3 is 2.32 bits per heavy atom. The van der Waals surface area contributed by atoms with Crippen molar-refractivity contribution >= 4 is 40.4 Å². The number of hydrogen-bond donors (Lipinski definition) is 1. The van der Waals surface area contributed by atoms with Crippen molar-refractivity contribution in [2.45, 2.75) is 0 Å². The zero-order chi connectivity index (χ0) is 22.0. The van der Waals surface area contributed by atoms with Crippen molar-refractivity contribution in [1.29, 1.82) is 0 Å². The molecule has 0 fully saturated rings. The largest absolute Gasteiger partial charge is 0.497 e. The van der Waals surface area contributed by atoms with Crippen LogP contribution in [0.15, 0.2) is 78.5 Å². The van der Waals surface area contributed by atoms with E-state index in [0.29, 0.717) is 27.8 Å². The minimum absolute atomic E-state index is 0.159. The number of anilines is 2. The highest BCUT2D eigenvalue weighted by Crippen LogP contribution is 2.39. The summed E-state index contributed by atoms with van der Waals surface area (Å²) in [5, 5.41) is 3.49. The van der Waals surface area contributed by atoms with Gasteiger partial charge in [0.05, 0.1) is 25.5 Å². The van der Waals surface area contributed by atoms with Crippen molar-refractivity contribution in [3.05, 3.63) is 89.1 Å². The van der Waals surface area contributed by atoms with Gasteiger partial charge in [-0.3, -0.25) is 9.59 Å². The quantitative estimate of drug-likeness (QED) is 0.567. The molecular weight excluding hydrogens is 416 g/mol. The maximum atomic E-state index is 13.5. The van der Waals surface area contributed by atoms with Gasteiger partial charge in [-0.05, 0) is 35.9 Å². The standard InChI is InChI=1S/C24H19ClN2O4/c1-30-18-10-6-9-17(14-18)26-22-21(15-7-4-3-5-8-15)23(28)27(24(22)29)19-13-16(25)11-12-20(19)31-2/h3-14,26H,1-2H3. The number of carbonyl (C=O) groups excluding carboxylic acids is 2. The van der Waals surface area contributed by atoms with E-state index in [1.54, 1.807) is 55.6 Å². The van der Waals surface area contributed by atoms with E-state index in [2.05, 4.69) is 5.32 Å². The second kappa shape index (κ2) is 8.53. The number of benzene rings is 3. The number of amides is 2. The fraction of sp³-hybridized carbons (Fsp3) is 0.0833. The van der Waals surface area contributed by atoms with Crippen molar-refractivity contribution < 1.29 is 19.1 Å². The fourth-order valence-electron chi connectivity index (χ4n) is 3.42. The van der Waals surface area contributed by atoms with Crippen LogP contribution < -0.4 is 19.7 Å². The molecule has 2 amide bonds. The lowest BCUT2D eigenvalue weighted by atomic mass is 10.0. The van der Waals surface area contributed by atoms with E-state index in [1.165, 1.54) is 13.2 Å². The number of ether oxygens (including phenoxy) is 2. The molecule has 0 radical (unpaired) electrons. The van der Waals surface area contributed by atoms with Gasteiger partial charge in [0.1, 0.15) is 17.2 Å². The van der Waals surface area contributed by atoms with Gasteiger partial charge < -0.3 is 14.8 Å². The summed E-state index contributed by atoms with van der Waals surface area (Å²) in [5.74, 6) is 0.00699. The molecule has 1 heterocycles. The number of nitrogens with one attached hydrogen (secondary N) is 1. The highest BCUT2D eigenvalue weighted by molar-refractivity contribution is 6.46. The highest BCUT2D eigenvalue weighted by atomic mass is 35.5. The zero-order valence-electron chi connectivity index (χ0n) is 16.9. The number of carbonyl (C=O) groups is 2. The third kappa shape index (κ3) is 3.85. The monoisotopic (exact) mass is 434 g/mol. The smallest absolute Gasteiger partial charge is 0.282 e. The molecule has 7 heteroatoms. The Kier molecular flexibility index (Phi) is 5.64. The number of methoxy groups -OCH3 is 2. The number of nitrogens with zero attached hydrogens (tertiary/aromatic N) is 1. The van der Waals surface area contributed by atoms with E-state index < -0.39 is 11.8 Å². The fourth-order valence-corrected chi connectivity index (χ4v) is 3.59. The second-order valence-corrected chi connectivity index (χ2v) is 7.17. The molecule has 1 aliphatic heterocycles. The number of hydrogen-bond acceptors (Lipinski definition) is 5. The maximum absolute atomic E-state index is 13.5. The summed E-state index contributed by atoms with van der Waals surface area (Å²) in [6, 6.07) is 21.0. The van der Waals surface area contributed by atoms with Gasteiger partial charge in [-0.25, -0.2) is 4.90 Å². The lowest BCUT2D eigenvalue weighted by Gasteiger charge is -2.18. The average Bonchev–Trinajstić information content (AvgIpc) is 3.03. The Labute approximate surface area is 184 Å². The summed E-state index contributed by atoms with van der Waals surface area (Å²) < 4.78 is 10.6. The lowest BCUT2D eigenvalue weighted by molar-refractivity contribution is -0.120. The van der Waals surface area contributed by atoms with Gasteiger partial charge in [-0.2, -0.15) is 0 Å². The first-order chi connectivity index (χ1) is 15.0. The summed E-state index contributed by atoms with van der Waals surface area (Å²) in [6.07, 6.45) is 0. The molecule has 0 spiro atoms. The van der Waals surface area contributed by atoms with Crippen molar-refractivity contribution in [2.75, 3.05) is 24.4 Å². The Morgan fingerprint density at radius 1 is 0.839 bits per heavy atom. The van der Waals surface area contributed by atoms with E-state index in [1.807, 2.05) is 18.2 Å². The third-order valence-corrected chi connectivity index (χ3v) is 5.10. The van der Waals surface area contributed by atoms with Crippen LogP contribution >= 0.6 is 11.6 Å². The molecule has 0 saturated carbocycles. The Hall–Kier alpha value is -3.77. The molecule has 0 bridgehead atoms. The van der Waals surface area contributed by atoms with Crippen LogP contribution in [-0.2, 0) is 9.59 Å².